The molecule has 0 atom stereocenters. The van der Waals surface area contributed by atoms with Crippen LogP contribution in [0.4, 0.5) is 4.39 Å². The van der Waals surface area contributed by atoms with Crippen LogP contribution in [0.25, 0.3) is 0 Å². The van der Waals surface area contributed by atoms with Gasteiger partial charge in [0.15, 0.2) is 0 Å². The third-order valence-electron chi connectivity index (χ3n) is 2.36. The Hall–Kier alpha value is -2.20. The highest BCUT2D eigenvalue weighted by Crippen LogP contribution is 2.26. The summed E-state index contributed by atoms with van der Waals surface area (Å²) in [5, 5.41) is 25.3. The van der Waals surface area contributed by atoms with Gasteiger partial charge >= 0.3 is 5.97 Å². The zero-order chi connectivity index (χ0) is 16.2. The summed E-state index contributed by atoms with van der Waals surface area (Å²) in [6.45, 7) is -1.27. The van der Waals surface area contributed by atoms with E-state index in [9.17, 15) is 17.6 Å². The zero-order valence-electron chi connectivity index (χ0n) is 10.2. The molecule has 10 heteroatoms. The molecule has 0 radical (unpaired) electrons. The molecular formula is C11H7ClFN3O4S. The normalized spacial score (nSPS) is 10.9. The molecule has 0 bridgehead atoms. The van der Waals surface area contributed by atoms with Crippen LogP contribution in [0, 0.1) is 28.5 Å². The fourth-order valence-electron chi connectivity index (χ4n) is 1.40. The third-order valence-corrected chi connectivity index (χ3v) is 4.52. The van der Waals surface area contributed by atoms with E-state index in [0.717, 1.165) is 0 Å². The number of rotatable bonds is 5. The summed E-state index contributed by atoms with van der Waals surface area (Å²) < 4.78 is 38.4. The monoisotopic (exact) mass is 331 g/mol. The fraction of sp³-hybridized carbons (Fsp3) is 0.182. The Balaban J connectivity index is 3.49. The number of hydrogen-bond donors (Lipinski definition) is 1. The van der Waals surface area contributed by atoms with Crippen LogP contribution in [0.1, 0.15) is 10.4 Å². The summed E-state index contributed by atoms with van der Waals surface area (Å²) in [7, 11) is -4.39. The molecule has 0 amide bonds. The molecule has 0 aliphatic carbocycles. The van der Waals surface area contributed by atoms with Crippen molar-refractivity contribution in [2.75, 3.05) is 13.1 Å². The number of carbonyl (C=O) groups is 1. The van der Waals surface area contributed by atoms with Crippen LogP contribution < -0.4 is 0 Å². The standard InChI is InChI=1S/C11H7ClFN3O4S/c12-10-8(11(17)18)5-7(6-9(10)13)21(19,20)16(3-1-14)4-2-15/h5-6H,3-4H2,(H,17,18). The van der Waals surface area contributed by atoms with Gasteiger partial charge in [-0.15, -0.1) is 0 Å². The second-order valence-electron chi connectivity index (χ2n) is 3.66. The van der Waals surface area contributed by atoms with E-state index in [1.807, 2.05) is 0 Å². The van der Waals surface area contributed by atoms with Gasteiger partial charge in [0.2, 0.25) is 10.0 Å². The highest BCUT2D eigenvalue weighted by molar-refractivity contribution is 7.89. The Morgan fingerprint density at radius 1 is 1.33 bits per heavy atom. The fourth-order valence-corrected chi connectivity index (χ4v) is 2.86. The third kappa shape index (κ3) is 3.47. The van der Waals surface area contributed by atoms with Crippen LogP contribution in [0.2, 0.25) is 5.02 Å². The summed E-state index contributed by atoms with van der Waals surface area (Å²) in [6.07, 6.45) is 0. The van der Waals surface area contributed by atoms with Gasteiger partial charge in [-0.2, -0.15) is 14.8 Å². The van der Waals surface area contributed by atoms with Crippen LogP contribution in [0.5, 0.6) is 0 Å². The molecule has 0 saturated carbocycles. The van der Waals surface area contributed by atoms with Gasteiger partial charge in [-0.3, -0.25) is 0 Å². The van der Waals surface area contributed by atoms with Crippen LogP contribution in [-0.4, -0.2) is 36.9 Å². The van der Waals surface area contributed by atoms with E-state index in [-0.39, 0.29) is 0 Å². The average Bonchev–Trinajstić information content (AvgIpc) is 2.40. The van der Waals surface area contributed by atoms with Crippen LogP contribution in [0.3, 0.4) is 0 Å². The topological polar surface area (TPSA) is 122 Å². The lowest BCUT2D eigenvalue weighted by Gasteiger charge is -2.16. The van der Waals surface area contributed by atoms with Gasteiger partial charge in [-0.1, -0.05) is 11.6 Å². The average molecular weight is 332 g/mol. The molecule has 0 saturated heterocycles. The Morgan fingerprint density at radius 2 is 1.86 bits per heavy atom. The van der Waals surface area contributed by atoms with Gasteiger partial charge in [-0.25, -0.2) is 17.6 Å². The lowest BCUT2D eigenvalue weighted by atomic mass is 10.2. The van der Waals surface area contributed by atoms with Gasteiger partial charge in [0.05, 0.1) is 27.6 Å². The SMILES string of the molecule is N#CCN(CC#N)S(=O)(=O)c1cc(F)c(Cl)c(C(=O)O)c1. The molecule has 0 heterocycles. The van der Waals surface area contributed by atoms with Gasteiger partial charge in [0.25, 0.3) is 0 Å². The van der Waals surface area contributed by atoms with E-state index in [1.54, 1.807) is 12.1 Å². The smallest absolute Gasteiger partial charge is 0.337 e. The number of nitriles is 2. The van der Waals surface area contributed by atoms with E-state index in [2.05, 4.69) is 0 Å². The van der Waals surface area contributed by atoms with Gasteiger partial charge in [0, 0.05) is 0 Å². The minimum atomic E-state index is -4.39. The van der Waals surface area contributed by atoms with Crippen molar-refractivity contribution in [1.29, 1.82) is 10.5 Å². The van der Waals surface area contributed by atoms with E-state index >= 15 is 0 Å². The van der Waals surface area contributed by atoms with Gasteiger partial charge in [-0.05, 0) is 12.1 Å². The van der Waals surface area contributed by atoms with Crippen molar-refractivity contribution in [1.82, 2.24) is 4.31 Å². The van der Waals surface area contributed by atoms with Crippen molar-refractivity contribution >= 4 is 27.6 Å². The molecule has 110 valence electrons. The number of halogens is 2. The lowest BCUT2D eigenvalue weighted by molar-refractivity contribution is 0.0696. The Morgan fingerprint density at radius 3 is 2.29 bits per heavy atom. The molecule has 1 rings (SSSR count). The Kier molecular flexibility index (Phi) is 5.22. The van der Waals surface area contributed by atoms with Crippen LogP contribution in [-0.2, 0) is 10.0 Å². The number of nitrogens with zero attached hydrogens (tertiary/aromatic N) is 3. The van der Waals surface area contributed by atoms with Gasteiger partial charge in [0.1, 0.15) is 18.9 Å². The van der Waals surface area contributed by atoms with E-state index in [4.69, 9.17) is 27.2 Å². The first-order valence-electron chi connectivity index (χ1n) is 5.22. The minimum Gasteiger partial charge on any atom is -0.478 e. The molecule has 0 unspecified atom stereocenters. The number of benzene rings is 1. The van der Waals surface area contributed by atoms with Crippen molar-refractivity contribution in [2.24, 2.45) is 0 Å². The number of carboxylic acids is 1. The van der Waals surface area contributed by atoms with Gasteiger partial charge < -0.3 is 5.11 Å². The second-order valence-corrected chi connectivity index (χ2v) is 5.98. The quantitative estimate of drug-likeness (QED) is 0.809. The maximum absolute atomic E-state index is 13.6. The minimum absolute atomic E-state index is 0.487. The zero-order valence-corrected chi connectivity index (χ0v) is 11.8. The Labute approximate surface area is 124 Å². The summed E-state index contributed by atoms with van der Waals surface area (Å²) in [5.74, 6) is -2.84. The highest BCUT2D eigenvalue weighted by atomic mass is 35.5. The van der Waals surface area contributed by atoms with E-state index < -0.39 is 50.4 Å². The molecule has 1 aromatic rings. The highest BCUT2D eigenvalue weighted by Gasteiger charge is 2.27. The largest absolute Gasteiger partial charge is 0.478 e. The molecule has 0 fully saturated rings. The van der Waals surface area contributed by atoms with Crippen molar-refractivity contribution in [3.05, 3.63) is 28.5 Å². The first-order valence-corrected chi connectivity index (χ1v) is 7.04. The number of aromatic carboxylic acids is 1. The van der Waals surface area contributed by atoms with Crippen LogP contribution in [0.15, 0.2) is 17.0 Å². The van der Waals surface area contributed by atoms with Crippen molar-refractivity contribution < 1.29 is 22.7 Å². The molecule has 7 nitrogen and oxygen atoms in total. The van der Waals surface area contributed by atoms with Crippen molar-refractivity contribution in [3.63, 3.8) is 0 Å². The molecule has 0 aromatic heterocycles. The van der Waals surface area contributed by atoms with E-state index in [1.165, 1.54) is 0 Å². The number of carboxylic acid groups (broad SMARTS) is 1. The van der Waals surface area contributed by atoms with Crippen molar-refractivity contribution in [3.8, 4) is 12.1 Å². The van der Waals surface area contributed by atoms with Crippen molar-refractivity contribution in [2.45, 2.75) is 4.90 Å². The summed E-state index contributed by atoms with van der Waals surface area (Å²) in [4.78, 5) is 10.2. The predicted molar refractivity (Wildman–Crippen MR) is 68.4 cm³/mol. The summed E-state index contributed by atoms with van der Waals surface area (Å²) in [5.41, 5.74) is -0.732. The molecule has 1 aromatic carbocycles. The lowest BCUT2D eigenvalue weighted by Crippen LogP contribution is -2.32. The first kappa shape index (κ1) is 16.9. The Bertz CT molecular complexity index is 751. The molecule has 0 spiro atoms. The molecular weight excluding hydrogens is 325 g/mol. The predicted octanol–water partition coefficient (Wildman–Crippen LogP) is 1.22. The molecule has 21 heavy (non-hydrogen) atoms. The maximum atomic E-state index is 13.6. The van der Waals surface area contributed by atoms with Crippen LogP contribution >= 0.6 is 11.6 Å². The van der Waals surface area contributed by atoms with E-state index in [0.29, 0.717) is 16.4 Å². The molecule has 1 N–H and O–H groups in total. The number of hydrogen-bond acceptors (Lipinski definition) is 5. The molecule has 0 aliphatic heterocycles. The number of sulfonamides is 1. The summed E-state index contributed by atoms with van der Waals surface area (Å²) in [6, 6.07) is 4.31. The maximum Gasteiger partial charge on any atom is 0.337 e. The second kappa shape index (κ2) is 6.50. The first-order chi connectivity index (χ1) is 9.75. The summed E-state index contributed by atoms with van der Waals surface area (Å²) >= 11 is 5.44. The molecule has 0 aliphatic rings.